The number of esters is 2. The van der Waals surface area contributed by atoms with E-state index in [2.05, 4.69) is 27.0 Å². The Morgan fingerprint density at radius 1 is 0.641 bits per heavy atom. The Labute approximate surface area is 230 Å². The maximum Gasteiger partial charge on any atom is 0.333 e. The molecule has 212 valence electrons. The first kappa shape index (κ1) is 31.6. The van der Waals surface area contributed by atoms with E-state index in [4.69, 9.17) is 18.9 Å². The van der Waals surface area contributed by atoms with Gasteiger partial charge in [-0.1, -0.05) is 51.3 Å². The summed E-state index contributed by atoms with van der Waals surface area (Å²) in [6.45, 7) is 16.9. The summed E-state index contributed by atoms with van der Waals surface area (Å²) in [5.74, 6) is 0.0291. The van der Waals surface area contributed by atoms with E-state index in [-0.39, 0.29) is 43.0 Å². The Balaban J connectivity index is 1.95. The molecule has 2 rings (SSSR count). The molecule has 0 bridgehead atoms. The second-order valence-electron chi connectivity index (χ2n) is 11.0. The number of hydrogen-bond acceptors (Lipinski definition) is 8. The Hall–Kier alpha value is -3.62. The zero-order chi connectivity index (χ0) is 29.4. The van der Waals surface area contributed by atoms with E-state index in [1.54, 1.807) is 13.8 Å². The molecule has 0 amide bonds. The Kier molecular flexibility index (Phi) is 10.5. The molecule has 0 fully saturated rings. The van der Waals surface area contributed by atoms with Gasteiger partial charge in [0.05, 0.1) is 0 Å². The van der Waals surface area contributed by atoms with Gasteiger partial charge in [0.1, 0.15) is 49.1 Å². The second kappa shape index (κ2) is 13.0. The normalized spacial score (nSPS) is 14.4. The summed E-state index contributed by atoms with van der Waals surface area (Å²) in [5, 5.41) is 20.9. The van der Waals surface area contributed by atoms with Gasteiger partial charge in [0.25, 0.3) is 0 Å². The van der Waals surface area contributed by atoms with Crippen LogP contribution in [0.4, 0.5) is 0 Å². The third-order valence-electron chi connectivity index (χ3n) is 5.98. The summed E-state index contributed by atoms with van der Waals surface area (Å²) in [6, 6.07) is 15.1. The molecule has 0 aromatic heterocycles. The van der Waals surface area contributed by atoms with Crippen LogP contribution in [-0.4, -0.2) is 59.8 Å². The molecule has 0 aliphatic carbocycles. The summed E-state index contributed by atoms with van der Waals surface area (Å²) < 4.78 is 21.5. The second-order valence-corrected chi connectivity index (χ2v) is 11.0. The molecule has 8 nitrogen and oxygen atoms in total. The lowest BCUT2D eigenvalue weighted by molar-refractivity contribution is -0.148. The summed E-state index contributed by atoms with van der Waals surface area (Å²) >= 11 is 0. The van der Waals surface area contributed by atoms with Crippen LogP contribution >= 0.6 is 0 Å². The van der Waals surface area contributed by atoms with Gasteiger partial charge in [0.15, 0.2) is 0 Å². The quantitative estimate of drug-likeness (QED) is 0.266. The Morgan fingerprint density at radius 2 is 0.949 bits per heavy atom. The van der Waals surface area contributed by atoms with E-state index in [1.165, 1.54) is 13.8 Å². The van der Waals surface area contributed by atoms with Gasteiger partial charge >= 0.3 is 11.9 Å². The number of ether oxygens (including phenoxy) is 4. The van der Waals surface area contributed by atoms with Crippen molar-refractivity contribution in [2.45, 2.75) is 58.2 Å². The molecule has 2 N–H and O–H groups in total. The van der Waals surface area contributed by atoms with Crippen molar-refractivity contribution in [3.05, 3.63) is 84.0 Å². The Bertz CT molecular complexity index is 1070. The van der Waals surface area contributed by atoms with Crippen LogP contribution in [0.15, 0.2) is 72.8 Å². The predicted molar refractivity (Wildman–Crippen MR) is 149 cm³/mol. The molecular formula is C31H40O8. The molecule has 39 heavy (non-hydrogen) atoms. The van der Waals surface area contributed by atoms with E-state index in [0.717, 1.165) is 11.1 Å². The maximum atomic E-state index is 11.6. The van der Waals surface area contributed by atoms with Crippen LogP contribution in [0.5, 0.6) is 11.5 Å². The van der Waals surface area contributed by atoms with E-state index in [0.29, 0.717) is 11.5 Å². The first-order valence-corrected chi connectivity index (χ1v) is 12.6. The first-order valence-electron chi connectivity index (χ1n) is 12.6. The minimum atomic E-state index is -1.35. The average molecular weight is 541 g/mol. The van der Waals surface area contributed by atoms with Gasteiger partial charge < -0.3 is 29.2 Å². The fraction of sp³-hybridized carbons (Fsp3) is 0.419. The lowest BCUT2D eigenvalue weighted by Gasteiger charge is -2.27. The smallest absolute Gasteiger partial charge is 0.333 e. The number of carbonyl (C=O) groups excluding carboxylic acids is 2. The van der Waals surface area contributed by atoms with Crippen LogP contribution in [0.25, 0.3) is 0 Å². The minimum Gasteiger partial charge on any atom is -0.490 e. The highest BCUT2D eigenvalue weighted by Gasteiger charge is 2.27. The van der Waals surface area contributed by atoms with Crippen LogP contribution in [0.3, 0.4) is 0 Å². The lowest BCUT2D eigenvalue weighted by Crippen LogP contribution is -2.38. The molecule has 0 aliphatic rings. The van der Waals surface area contributed by atoms with Crippen molar-refractivity contribution in [3.63, 3.8) is 0 Å². The van der Waals surface area contributed by atoms with Crippen molar-refractivity contribution in [1.82, 2.24) is 0 Å². The zero-order valence-electron chi connectivity index (χ0n) is 23.7. The molecule has 0 heterocycles. The van der Waals surface area contributed by atoms with Crippen molar-refractivity contribution in [2.75, 3.05) is 26.4 Å². The molecule has 0 saturated heterocycles. The van der Waals surface area contributed by atoms with Crippen LogP contribution < -0.4 is 9.47 Å². The molecular weight excluding hydrogens is 500 g/mol. The molecule has 2 aromatic carbocycles. The molecule has 0 saturated carbocycles. The summed E-state index contributed by atoms with van der Waals surface area (Å²) in [6.07, 6.45) is 0. The number of rotatable bonds is 14. The predicted octanol–water partition coefficient (Wildman–Crippen LogP) is 4.51. The largest absolute Gasteiger partial charge is 0.490 e. The van der Waals surface area contributed by atoms with E-state index in [9.17, 15) is 19.8 Å². The number of hydrogen-bond donors (Lipinski definition) is 2. The maximum absolute atomic E-state index is 11.6. The third-order valence-corrected chi connectivity index (χ3v) is 5.98. The highest BCUT2D eigenvalue weighted by atomic mass is 16.6. The fourth-order valence-corrected chi connectivity index (χ4v) is 3.35. The van der Waals surface area contributed by atoms with Gasteiger partial charge in [-0.25, -0.2) is 9.59 Å². The van der Waals surface area contributed by atoms with E-state index in [1.807, 2.05) is 48.5 Å². The average Bonchev–Trinajstić information content (AvgIpc) is 2.88. The molecule has 2 atom stereocenters. The summed E-state index contributed by atoms with van der Waals surface area (Å²) in [4.78, 5) is 23.1. The highest BCUT2D eigenvalue weighted by molar-refractivity contribution is 5.87. The van der Waals surface area contributed by atoms with Crippen molar-refractivity contribution in [1.29, 1.82) is 0 Å². The van der Waals surface area contributed by atoms with Gasteiger partial charge in [-0.3, -0.25) is 0 Å². The molecule has 0 aliphatic heterocycles. The Morgan fingerprint density at radius 3 is 1.23 bits per heavy atom. The number of benzene rings is 2. The number of aliphatic hydroxyl groups is 2. The van der Waals surface area contributed by atoms with Crippen molar-refractivity contribution < 1.29 is 38.7 Å². The van der Waals surface area contributed by atoms with Gasteiger partial charge in [-0.15, -0.1) is 0 Å². The third kappa shape index (κ3) is 9.89. The van der Waals surface area contributed by atoms with Crippen molar-refractivity contribution in [2.24, 2.45) is 0 Å². The molecule has 0 spiro atoms. The summed E-state index contributed by atoms with van der Waals surface area (Å²) in [7, 11) is 0. The SMILES string of the molecule is C=C(C)C(=O)OCC(C)(O)COc1ccc(C(C)(C)c2ccc(OCC(C)(O)COC(=O)C(=C)C)cc2)cc1. The highest BCUT2D eigenvalue weighted by Crippen LogP contribution is 2.33. The van der Waals surface area contributed by atoms with Crippen LogP contribution in [0.2, 0.25) is 0 Å². The van der Waals surface area contributed by atoms with Crippen LogP contribution in [0, 0.1) is 0 Å². The van der Waals surface area contributed by atoms with Crippen LogP contribution in [0.1, 0.15) is 52.7 Å². The molecule has 8 heteroatoms. The zero-order valence-corrected chi connectivity index (χ0v) is 23.7. The topological polar surface area (TPSA) is 112 Å². The standard InChI is InChI=1S/C31H40O8/c1-21(2)27(32)38-19-30(7,34)17-36-25-13-9-23(10-14-25)29(5,6)24-11-15-26(16-12-24)37-18-31(8,35)20-39-28(33)22(3)4/h9-16,34-35H,1,3,17-20H2,2,4-8H3. The van der Waals surface area contributed by atoms with Crippen molar-refractivity contribution in [3.8, 4) is 11.5 Å². The van der Waals surface area contributed by atoms with Crippen molar-refractivity contribution >= 4 is 11.9 Å². The molecule has 2 aromatic rings. The van der Waals surface area contributed by atoms with Gasteiger partial charge in [0.2, 0.25) is 0 Å². The number of carbonyl (C=O) groups is 2. The fourth-order valence-electron chi connectivity index (χ4n) is 3.35. The molecule has 0 radical (unpaired) electrons. The van der Waals surface area contributed by atoms with E-state index >= 15 is 0 Å². The van der Waals surface area contributed by atoms with Crippen LogP contribution in [-0.2, 0) is 24.5 Å². The molecule has 2 unspecified atom stereocenters. The first-order chi connectivity index (χ1) is 18.0. The summed E-state index contributed by atoms with van der Waals surface area (Å²) in [5.41, 5.74) is -0.411. The minimum absolute atomic E-state index is 0.0517. The van der Waals surface area contributed by atoms with E-state index < -0.39 is 23.1 Å². The van der Waals surface area contributed by atoms with Gasteiger partial charge in [0, 0.05) is 16.6 Å². The lowest BCUT2D eigenvalue weighted by atomic mass is 9.78. The van der Waals surface area contributed by atoms with Gasteiger partial charge in [-0.05, 0) is 63.1 Å². The monoisotopic (exact) mass is 540 g/mol. The van der Waals surface area contributed by atoms with Gasteiger partial charge in [-0.2, -0.15) is 0 Å².